The van der Waals surface area contributed by atoms with E-state index in [2.05, 4.69) is 30.3 Å². The van der Waals surface area contributed by atoms with E-state index in [-0.39, 0.29) is 0 Å². The van der Waals surface area contributed by atoms with Gasteiger partial charge in [0.25, 0.3) is 0 Å². The van der Waals surface area contributed by atoms with E-state index in [1.165, 1.54) is 10.8 Å². The van der Waals surface area contributed by atoms with Crippen LogP contribution in [0.5, 0.6) is 0 Å². The summed E-state index contributed by atoms with van der Waals surface area (Å²) in [4.78, 5) is 4.84. The number of hydrogen-bond acceptors (Lipinski definition) is 3. The highest BCUT2D eigenvalue weighted by Crippen LogP contribution is 2.36. The molecule has 24 heavy (non-hydrogen) atoms. The SMILES string of the molecule is O[C@@H]1CCc2c(ccc3nc4ccc5ccccc5c4cc23)[C@H]1O. The molecule has 2 N–H and O–H groups in total. The number of aliphatic hydroxyl groups is 2. The third kappa shape index (κ3) is 1.89. The molecule has 0 fully saturated rings. The third-order valence-corrected chi connectivity index (χ3v) is 5.22. The third-order valence-electron chi connectivity index (χ3n) is 5.22. The van der Waals surface area contributed by atoms with E-state index in [1.807, 2.05) is 24.3 Å². The molecule has 0 aliphatic heterocycles. The number of aliphatic hydroxyl groups excluding tert-OH is 2. The molecule has 0 spiro atoms. The second-order valence-corrected chi connectivity index (χ2v) is 6.59. The fourth-order valence-electron chi connectivity index (χ4n) is 3.95. The number of benzene rings is 3. The van der Waals surface area contributed by atoms with Crippen molar-refractivity contribution in [2.24, 2.45) is 0 Å². The number of rotatable bonds is 0. The quantitative estimate of drug-likeness (QED) is 0.382. The van der Waals surface area contributed by atoms with Gasteiger partial charge in [0.15, 0.2) is 0 Å². The van der Waals surface area contributed by atoms with E-state index in [0.717, 1.165) is 39.4 Å². The molecule has 3 nitrogen and oxygen atoms in total. The van der Waals surface area contributed by atoms with Crippen LogP contribution >= 0.6 is 0 Å². The van der Waals surface area contributed by atoms with Crippen molar-refractivity contribution in [2.45, 2.75) is 25.0 Å². The molecule has 0 amide bonds. The topological polar surface area (TPSA) is 53.4 Å². The lowest BCUT2D eigenvalue weighted by Gasteiger charge is -2.27. The fraction of sp³-hybridized carbons (Fsp3) is 0.190. The molecule has 1 aromatic heterocycles. The summed E-state index contributed by atoms with van der Waals surface area (Å²) >= 11 is 0. The monoisotopic (exact) mass is 315 g/mol. The van der Waals surface area contributed by atoms with Gasteiger partial charge < -0.3 is 10.2 Å². The highest BCUT2D eigenvalue weighted by molar-refractivity contribution is 6.10. The number of aryl methyl sites for hydroxylation is 1. The van der Waals surface area contributed by atoms with Crippen LogP contribution in [0.15, 0.2) is 54.6 Å². The molecule has 3 heteroatoms. The maximum absolute atomic E-state index is 10.3. The Morgan fingerprint density at radius 1 is 0.833 bits per heavy atom. The van der Waals surface area contributed by atoms with Crippen LogP contribution in [0.25, 0.3) is 32.6 Å². The minimum absolute atomic E-state index is 0.584. The molecule has 0 unspecified atom stereocenters. The van der Waals surface area contributed by atoms with Crippen molar-refractivity contribution < 1.29 is 10.2 Å². The summed E-state index contributed by atoms with van der Waals surface area (Å²) < 4.78 is 0. The molecular weight excluding hydrogens is 298 g/mol. The van der Waals surface area contributed by atoms with Crippen LogP contribution in [-0.2, 0) is 6.42 Å². The van der Waals surface area contributed by atoms with Crippen LogP contribution < -0.4 is 0 Å². The Hall–Kier alpha value is -2.49. The summed E-state index contributed by atoms with van der Waals surface area (Å²) in [6.45, 7) is 0. The van der Waals surface area contributed by atoms with Gasteiger partial charge in [-0.25, -0.2) is 4.98 Å². The molecule has 0 saturated heterocycles. The molecule has 118 valence electrons. The zero-order valence-corrected chi connectivity index (χ0v) is 13.1. The standard InChI is InChI=1S/C21H17NO2/c23-20-10-7-14-15(21(20)24)6-9-19-17(14)11-16-13-4-2-1-3-12(13)5-8-18(16)22-19/h1-6,8-9,11,20-21,23-24H,7,10H2/t20-,21-/m1/s1. The highest BCUT2D eigenvalue weighted by Gasteiger charge is 2.27. The molecule has 1 aliphatic carbocycles. The summed E-state index contributed by atoms with van der Waals surface area (Å²) in [5.74, 6) is 0. The van der Waals surface area contributed by atoms with Crippen molar-refractivity contribution in [3.05, 3.63) is 65.7 Å². The van der Waals surface area contributed by atoms with E-state index < -0.39 is 12.2 Å². The van der Waals surface area contributed by atoms with Crippen LogP contribution in [0.2, 0.25) is 0 Å². The second kappa shape index (κ2) is 5.00. The van der Waals surface area contributed by atoms with Gasteiger partial charge in [0.2, 0.25) is 0 Å². The predicted octanol–water partition coefficient (Wildman–Crippen LogP) is 3.88. The van der Waals surface area contributed by atoms with Gasteiger partial charge in [-0.15, -0.1) is 0 Å². The summed E-state index contributed by atoms with van der Waals surface area (Å²) in [5.41, 5.74) is 3.88. The number of aromatic nitrogens is 1. The first-order valence-electron chi connectivity index (χ1n) is 8.32. The maximum atomic E-state index is 10.3. The second-order valence-electron chi connectivity index (χ2n) is 6.59. The van der Waals surface area contributed by atoms with Gasteiger partial charge in [0.05, 0.1) is 17.1 Å². The van der Waals surface area contributed by atoms with Gasteiger partial charge in [-0.2, -0.15) is 0 Å². The number of fused-ring (bicyclic) bond motifs is 6. The largest absolute Gasteiger partial charge is 0.390 e. The fourth-order valence-corrected chi connectivity index (χ4v) is 3.95. The molecule has 0 radical (unpaired) electrons. The highest BCUT2D eigenvalue weighted by atomic mass is 16.3. The van der Waals surface area contributed by atoms with E-state index in [1.54, 1.807) is 0 Å². The van der Waals surface area contributed by atoms with Crippen LogP contribution in [-0.4, -0.2) is 21.3 Å². The number of hydrogen-bond donors (Lipinski definition) is 2. The Morgan fingerprint density at radius 3 is 2.54 bits per heavy atom. The summed E-state index contributed by atoms with van der Waals surface area (Å²) in [7, 11) is 0. The Bertz CT molecular complexity index is 1100. The molecular formula is C21H17NO2. The Balaban J connectivity index is 1.89. The van der Waals surface area contributed by atoms with Crippen molar-refractivity contribution in [1.82, 2.24) is 4.98 Å². The minimum atomic E-state index is -0.804. The summed E-state index contributed by atoms with van der Waals surface area (Å²) in [6.07, 6.45) is -0.130. The lowest BCUT2D eigenvalue weighted by atomic mass is 9.85. The Kier molecular flexibility index (Phi) is 2.90. The van der Waals surface area contributed by atoms with E-state index in [4.69, 9.17) is 4.98 Å². The van der Waals surface area contributed by atoms with Gasteiger partial charge in [-0.1, -0.05) is 36.4 Å². The van der Waals surface area contributed by atoms with Crippen molar-refractivity contribution in [3.8, 4) is 0 Å². The normalized spacial score (nSPS) is 20.6. The van der Waals surface area contributed by atoms with Crippen molar-refractivity contribution in [2.75, 3.05) is 0 Å². The van der Waals surface area contributed by atoms with Gasteiger partial charge in [-0.3, -0.25) is 0 Å². The van der Waals surface area contributed by atoms with E-state index >= 15 is 0 Å². The lowest BCUT2D eigenvalue weighted by Crippen LogP contribution is -2.25. The van der Waals surface area contributed by atoms with Crippen molar-refractivity contribution in [3.63, 3.8) is 0 Å². The predicted molar refractivity (Wildman–Crippen MR) is 96.0 cm³/mol. The molecule has 1 heterocycles. The molecule has 0 saturated carbocycles. The molecule has 5 rings (SSSR count). The average molecular weight is 315 g/mol. The molecule has 3 aromatic carbocycles. The Labute approximate surface area is 139 Å². The van der Waals surface area contributed by atoms with E-state index in [0.29, 0.717) is 6.42 Å². The van der Waals surface area contributed by atoms with Crippen LogP contribution in [0.1, 0.15) is 23.7 Å². The lowest BCUT2D eigenvalue weighted by molar-refractivity contribution is 0.00675. The smallest absolute Gasteiger partial charge is 0.105 e. The molecule has 0 bridgehead atoms. The molecule has 4 aromatic rings. The van der Waals surface area contributed by atoms with Gasteiger partial charge in [-0.05, 0) is 52.9 Å². The number of nitrogens with zero attached hydrogens (tertiary/aromatic N) is 1. The minimum Gasteiger partial charge on any atom is -0.390 e. The van der Waals surface area contributed by atoms with Crippen LogP contribution in [0.4, 0.5) is 0 Å². The summed E-state index contributed by atoms with van der Waals surface area (Å²) in [5, 5.41) is 24.9. The number of pyridine rings is 1. The maximum Gasteiger partial charge on any atom is 0.105 e. The Morgan fingerprint density at radius 2 is 1.62 bits per heavy atom. The van der Waals surface area contributed by atoms with Crippen LogP contribution in [0, 0.1) is 0 Å². The van der Waals surface area contributed by atoms with Crippen LogP contribution in [0.3, 0.4) is 0 Å². The van der Waals surface area contributed by atoms with Gasteiger partial charge in [0.1, 0.15) is 6.10 Å². The first kappa shape index (κ1) is 13.9. The summed E-state index contributed by atoms with van der Waals surface area (Å²) in [6, 6.07) is 18.6. The van der Waals surface area contributed by atoms with E-state index in [9.17, 15) is 10.2 Å². The zero-order chi connectivity index (χ0) is 16.3. The van der Waals surface area contributed by atoms with Crippen molar-refractivity contribution >= 4 is 32.6 Å². The molecule has 2 atom stereocenters. The first-order chi connectivity index (χ1) is 11.7. The van der Waals surface area contributed by atoms with Gasteiger partial charge >= 0.3 is 0 Å². The molecule has 1 aliphatic rings. The van der Waals surface area contributed by atoms with Crippen molar-refractivity contribution in [1.29, 1.82) is 0 Å². The first-order valence-corrected chi connectivity index (χ1v) is 8.32. The average Bonchev–Trinajstić information content (AvgIpc) is 2.63. The van der Waals surface area contributed by atoms with Gasteiger partial charge in [0, 0.05) is 10.8 Å². The zero-order valence-electron chi connectivity index (χ0n) is 13.1.